The van der Waals surface area contributed by atoms with Crippen molar-refractivity contribution in [3.63, 3.8) is 0 Å². The number of rotatable bonds is 2. The Morgan fingerprint density at radius 3 is 0.983 bits per heavy atom. The van der Waals surface area contributed by atoms with E-state index < -0.39 is 0 Å². The predicted octanol–water partition coefficient (Wildman–Crippen LogP) is 15.0. The summed E-state index contributed by atoms with van der Waals surface area (Å²) >= 11 is 0. The molecule has 3 heteroatoms. The molecule has 0 amide bonds. The average molecular weight is 746 g/mol. The van der Waals surface area contributed by atoms with Gasteiger partial charge < -0.3 is 0 Å². The summed E-state index contributed by atoms with van der Waals surface area (Å²) in [5, 5.41) is 16.6. The van der Waals surface area contributed by atoms with Gasteiger partial charge >= 0.3 is 0 Å². The molecule has 3 aromatic heterocycles. The highest BCUT2D eigenvalue weighted by Crippen LogP contribution is 2.44. The molecule has 0 saturated carbocycles. The van der Waals surface area contributed by atoms with Gasteiger partial charge in [0.1, 0.15) is 0 Å². The maximum Gasteiger partial charge on any atom is 0.162 e. The monoisotopic (exact) mass is 745 g/mol. The Balaban J connectivity index is 1.27. The van der Waals surface area contributed by atoms with Crippen LogP contribution >= 0.6 is 0 Å². The lowest BCUT2D eigenvalue weighted by Gasteiger charge is -2.23. The van der Waals surface area contributed by atoms with Crippen molar-refractivity contribution in [2.75, 3.05) is 0 Å². The fourth-order valence-electron chi connectivity index (χ4n) is 9.44. The van der Waals surface area contributed by atoms with E-state index in [-0.39, 0.29) is 10.8 Å². The normalized spacial score (nSPS) is 12.7. The molecule has 3 heterocycles. The molecule has 11 aromatic rings. The zero-order valence-corrected chi connectivity index (χ0v) is 33.8. The van der Waals surface area contributed by atoms with Gasteiger partial charge in [0.15, 0.2) is 11.3 Å². The standard InChI is InChI=1S/C55H43N3/c1-54(2,3)50-42-25-23-36(48-38-19-11-7-15-32(38)27-33-16-8-12-20-39(33)48)29-44(42)46-31-47-45-30-37(24-26-43(45)51(55(4,5)6)57-53(47)58-52(46)56-50)49-40-21-13-9-17-34(40)28-35-18-10-14-22-41(35)49/h7-31H,1-6H3. The lowest BCUT2D eigenvalue weighted by molar-refractivity contribution is 0.576. The van der Waals surface area contributed by atoms with Crippen molar-refractivity contribution in [1.29, 1.82) is 0 Å². The van der Waals surface area contributed by atoms with Gasteiger partial charge in [0.25, 0.3) is 0 Å². The number of aromatic nitrogens is 3. The van der Waals surface area contributed by atoms with Crippen LogP contribution in [-0.4, -0.2) is 15.0 Å². The molecule has 0 N–H and O–H groups in total. The van der Waals surface area contributed by atoms with Crippen LogP contribution in [0.3, 0.4) is 0 Å². The molecule has 0 unspecified atom stereocenters. The fraction of sp³-hybridized carbons (Fsp3) is 0.145. The first-order valence-corrected chi connectivity index (χ1v) is 20.4. The van der Waals surface area contributed by atoms with Crippen molar-refractivity contribution < 1.29 is 0 Å². The number of pyridine rings is 3. The molecule has 0 fully saturated rings. The Hall–Kier alpha value is -6.71. The predicted molar refractivity (Wildman–Crippen MR) is 248 cm³/mol. The minimum absolute atomic E-state index is 0.208. The van der Waals surface area contributed by atoms with E-state index in [0.717, 1.165) is 55.0 Å². The van der Waals surface area contributed by atoms with Crippen molar-refractivity contribution in [1.82, 2.24) is 15.0 Å². The molecule has 0 aliphatic heterocycles. The summed E-state index contributed by atoms with van der Waals surface area (Å²) in [5.74, 6) is 0. The molecule has 0 radical (unpaired) electrons. The molecular weight excluding hydrogens is 703 g/mol. The summed E-state index contributed by atoms with van der Waals surface area (Å²) < 4.78 is 0. The van der Waals surface area contributed by atoms with Crippen LogP contribution in [0.5, 0.6) is 0 Å². The first-order valence-electron chi connectivity index (χ1n) is 20.4. The second-order valence-corrected chi connectivity index (χ2v) is 18.1. The summed E-state index contributed by atoms with van der Waals surface area (Å²) in [6.45, 7) is 13.5. The number of benzene rings is 8. The molecule has 0 aliphatic carbocycles. The molecular formula is C55H43N3. The molecule has 8 aromatic carbocycles. The molecule has 0 atom stereocenters. The first kappa shape index (κ1) is 34.5. The van der Waals surface area contributed by atoms with Gasteiger partial charge in [-0.25, -0.2) is 15.0 Å². The SMILES string of the molecule is CC(C)(C)c1nc2nc3nc(C(C)(C)C)c4ccc(-c5c6ccccc6cc6ccccc56)cc4c3cc2c2cc(-c3c4ccccc4cc4ccccc34)ccc12. The smallest absolute Gasteiger partial charge is 0.162 e. The summed E-state index contributed by atoms with van der Waals surface area (Å²) in [4.78, 5) is 16.2. The largest absolute Gasteiger partial charge is 0.232 e. The molecule has 0 spiro atoms. The average Bonchev–Trinajstić information content (AvgIpc) is 3.22. The topological polar surface area (TPSA) is 38.7 Å². The summed E-state index contributed by atoms with van der Waals surface area (Å²) in [6, 6.07) is 55.9. The van der Waals surface area contributed by atoms with E-state index in [9.17, 15) is 0 Å². The number of nitrogens with zero attached hydrogens (tertiary/aromatic N) is 3. The van der Waals surface area contributed by atoms with Crippen molar-refractivity contribution >= 4 is 86.7 Å². The van der Waals surface area contributed by atoms with E-state index in [2.05, 4.69) is 193 Å². The van der Waals surface area contributed by atoms with Crippen molar-refractivity contribution in [2.24, 2.45) is 0 Å². The Morgan fingerprint density at radius 1 is 0.293 bits per heavy atom. The molecule has 3 nitrogen and oxygen atoms in total. The van der Waals surface area contributed by atoms with Gasteiger partial charge in [-0.2, -0.15) is 0 Å². The van der Waals surface area contributed by atoms with Gasteiger partial charge in [-0.1, -0.05) is 163 Å². The van der Waals surface area contributed by atoms with Crippen LogP contribution in [0, 0.1) is 0 Å². The highest BCUT2D eigenvalue weighted by molar-refractivity contribution is 6.19. The van der Waals surface area contributed by atoms with Crippen molar-refractivity contribution in [3.05, 3.63) is 163 Å². The van der Waals surface area contributed by atoms with Crippen LogP contribution in [0.1, 0.15) is 52.9 Å². The van der Waals surface area contributed by atoms with Gasteiger partial charge in [0, 0.05) is 32.4 Å². The Morgan fingerprint density at radius 2 is 0.638 bits per heavy atom. The first-order chi connectivity index (χ1) is 28.0. The summed E-state index contributed by atoms with van der Waals surface area (Å²) in [5.41, 5.74) is 7.99. The molecule has 278 valence electrons. The Labute approximate surface area is 338 Å². The van der Waals surface area contributed by atoms with Gasteiger partial charge in [-0.05, 0) is 106 Å². The van der Waals surface area contributed by atoms with Crippen LogP contribution in [0.15, 0.2) is 152 Å². The number of hydrogen-bond donors (Lipinski definition) is 0. The van der Waals surface area contributed by atoms with E-state index in [1.807, 2.05) is 0 Å². The quantitative estimate of drug-likeness (QED) is 0.131. The van der Waals surface area contributed by atoms with E-state index in [0.29, 0.717) is 0 Å². The molecule has 11 rings (SSSR count). The maximum atomic E-state index is 5.41. The van der Waals surface area contributed by atoms with Crippen molar-refractivity contribution in [2.45, 2.75) is 52.4 Å². The Bertz CT molecular complexity index is 3190. The van der Waals surface area contributed by atoms with Crippen LogP contribution in [-0.2, 0) is 10.8 Å². The maximum absolute atomic E-state index is 5.41. The van der Waals surface area contributed by atoms with E-state index in [1.54, 1.807) is 0 Å². The minimum atomic E-state index is -0.208. The van der Waals surface area contributed by atoms with Crippen LogP contribution in [0.2, 0.25) is 0 Å². The zero-order valence-electron chi connectivity index (χ0n) is 33.8. The van der Waals surface area contributed by atoms with Gasteiger partial charge in [-0.15, -0.1) is 0 Å². The van der Waals surface area contributed by atoms with Crippen LogP contribution < -0.4 is 0 Å². The summed E-state index contributed by atoms with van der Waals surface area (Å²) in [6.07, 6.45) is 0. The lowest BCUT2D eigenvalue weighted by Crippen LogP contribution is -2.16. The highest BCUT2D eigenvalue weighted by atomic mass is 14.9. The molecule has 0 aliphatic rings. The van der Waals surface area contributed by atoms with Gasteiger partial charge in [0.05, 0.1) is 11.4 Å². The van der Waals surface area contributed by atoms with E-state index in [4.69, 9.17) is 15.0 Å². The van der Waals surface area contributed by atoms with Gasteiger partial charge in [0.2, 0.25) is 0 Å². The number of fused-ring (bicyclic) bond motifs is 10. The minimum Gasteiger partial charge on any atom is -0.232 e. The molecule has 0 saturated heterocycles. The Kier molecular flexibility index (Phi) is 7.38. The highest BCUT2D eigenvalue weighted by Gasteiger charge is 2.25. The van der Waals surface area contributed by atoms with Crippen LogP contribution in [0.4, 0.5) is 0 Å². The lowest BCUT2D eigenvalue weighted by atomic mass is 9.85. The second kappa shape index (κ2) is 12.4. The molecule has 0 bridgehead atoms. The van der Waals surface area contributed by atoms with Crippen LogP contribution in [0.25, 0.3) is 109 Å². The third kappa shape index (κ3) is 5.30. The molecule has 58 heavy (non-hydrogen) atoms. The third-order valence-electron chi connectivity index (χ3n) is 12.1. The van der Waals surface area contributed by atoms with E-state index >= 15 is 0 Å². The fourth-order valence-corrected chi connectivity index (χ4v) is 9.44. The zero-order chi connectivity index (χ0) is 39.5. The van der Waals surface area contributed by atoms with Gasteiger partial charge in [-0.3, -0.25) is 0 Å². The summed E-state index contributed by atoms with van der Waals surface area (Å²) in [7, 11) is 0. The number of hydrogen-bond acceptors (Lipinski definition) is 3. The van der Waals surface area contributed by atoms with E-state index in [1.165, 1.54) is 65.3 Å². The third-order valence-corrected chi connectivity index (χ3v) is 12.1. The van der Waals surface area contributed by atoms with Crippen molar-refractivity contribution in [3.8, 4) is 22.3 Å². The second-order valence-electron chi connectivity index (χ2n) is 18.1.